The summed E-state index contributed by atoms with van der Waals surface area (Å²) in [5.41, 5.74) is 4.25. The van der Waals surface area contributed by atoms with Gasteiger partial charge in [0.2, 0.25) is 0 Å². The number of hydrogen-bond acceptors (Lipinski definition) is 3. The Morgan fingerprint density at radius 1 is 1.08 bits per heavy atom. The summed E-state index contributed by atoms with van der Waals surface area (Å²) in [5.74, 6) is 1.41. The van der Waals surface area contributed by atoms with E-state index in [1.54, 1.807) is 14.2 Å². The van der Waals surface area contributed by atoms with E-state index in [0.717, 1.165) is 28.3 Å². The van der Waals surface area contributed by atoms with Gasteiger partial charge in [-0.2, -0.15) is 0 Å². The molecule has 2 rings (SSSR count). The summed E-state index contributed by atoms with van der Waals surface area (Å²) in [6.07, 6.45) is 0. The summed E-state index contributed by atoms with van der Waals surface area (Å²) in [4.78, 5) is 13.4. The standard InChI is InChI=1S/C20H26N2O3/c1-14-7-6-8-17(15(14)2)21-20(23)13-22(3)12-16-9-10-18(24-4)19(11-16)25-5/h6-11H,12-13H2,1-5H3,(H,21,23)/p+1. The Bertz CT molecular complexity index is 744. The summed E-state index contributed by atoms with van der Waals surface area (Å²) in [6, 6.07) is 11.8. The molecule has 2 aromatic rings. The lowest BCUT2D eigenvalue weighted by atomic mass is 10.1. The highest BCUT2D eigenvalue weighted by Crippen LogP contribution is 2.27. The lowest BCUT2D eigenvalue weighted by Gasteiger charge is -2.16. The van der Waals surface area contributed by atoms with Gasteiger partial charge in [-0.05, 0) is 49.2 Å². The summed E-state index contributed by atoms with van der Waals surface area (Å²) in [5, 5.41) is 3.00. The van der Waals surface area contributed by atoms with Crippen LogP contribution in [0.1, 0.15) is 16.7 Å². The monoisotopic (exact) mass is 343 g/mol. The van der Waals surface area contributed by atoms with Gasteiger partial charge in [-0.3, -0.25) is 4.79 Å². The second-order valence-corrected chi connectivity index (χ2v) is 6.30. The predicted molar refractivity (Wildman–Crippen MR) is 99.5 cm³/mol. The number of likely N-dealkylation sites (N-methyl/N-ethyl adjacent to an activating group) is 1. The smallest absolute Gasteiger partial charge is 0.279 e. The van der Waals surface area contributed by atoms with Crippen LogP contribution >= 0.6 is 0 Å². The Morgan fingerprint density at radius 2 is 1.80 bits per heavy atom. The SMILES string of the molecule is COc1ccc(C[NH+](C)CC(=O)Nc2cccc(C)c2C)cc1OC. The molecule has 1 amide bonds. The van der Waals surface area contributed by atoms with Crippen molar-refractivity contribution in [2.45, 2.75) is 20.4 Å². The quantitative estimate of drug-likeness (QED) is 0.808. The first kappa shape index (κ1) is 18.8. The number of hydrogen-bond donors (Lipinski definition) is 2. The fraction of sp³-hybridized carbons (Fsp3) is 0.350. The molecule has 0 bridgehead atoms. The summed E-state index contributed by atoms with van der Waals surface area (Å²) < 4.78 is 10.6. The van der Waals surface area contributed by atoms with Gasteiger partial charge in [0.1, 0.15) is 6.54 Å². The van der Waals surface area contributed by atoms with Crippen LogP contribution in [-0.4, -0.2) is 33.7 Å². The minimum Gasteiger partial charge on any atom is -0.493 e. The third-order valence-electron chi connectivity index (χ3n) is 4.29. The van der Waals surface area contributed by atoms with E-state index in [4.69, 9.17) is 9.47 Å². The predicted octanol–water partition coefficient (Wildman–Crippen LogP) is 1.97. The van der Waals surface area contributed by atoms with Gasteiger partial charge < -0.3 is 19.7 Å². The average Bonchev–Trinajstić information content (AvgIpc) is 2.58. The molecule has 2 N–H and O–H groups in total. The summed E-state index contributed by atoms with van der Waals surface area (Å²) in [7, 11) is 5.24. The molecule has 0 radical (unpaired) electrons. The summed E-state index contributed by atoms with van der Waals surface area (Å²) >= 11 is 0. The van der Waals surface area contributed by atoms with E-state index in [1.807, 2.05) is 57.3 Å². The Balaban J connectivity index is 1.96. The summed E-state index contributed by atoms with van der Waals surface area (Å²) in [6.45, 7) is 5.17. The molecular formula is C20H27N2O3+. The molecule has 0 saturated heterocycles. The number of nitrogens with one attached hydrogen (secondary N) is 2. The molecule has 0 aliphatic rings. The lowest BCUT2D eigenvalue weighted by molar-refractivity contribution is -0.885. The Morgan fingerprint density at radius 3 is 2.48 bits per heavy atom. The molecule has 0 heterocycles. The van der Waals surface area contributed by atoms with Crippen LogP contribution in [0.4, 0.5) is 5.69 Å². The highest BCUT2D eigenvalue weighted by atomic mass is 16.5. The van der Waals surface area contributed by atoms with Gasteiger partial charge in [0.25, 0.3) is 5.91 Å². The fourth-order valence-electron chi connectivity index (χ4n) is 2.76. The Kier molecular flexibility index (Phi) is 6.42. The van der Waals surface area contributed by atoms with Crippen LogP contribution < -0.4 is 19.7 Å². The van der Waals surface area contributed by atoms with Crippen molar-refractivity contribution in [3.8, 4) is 11.5 Å². The molecule has 0 fully saturated rings. The third kappa shape index (κ3) is 4.97. The van der Waals surface area contributed by atoms with Gasteiger partial charge in [-0.15, -0.1) is 0 Å². The molecule has 1 unspecified atom stereocenters. The molecule has 1 atom stereocenters. The maximum atomic E-state index is 12.3. The first-order valence-electron chi connectivity index (χ1n) is 8.33. The van der Waals surface area contributed by atoms with Crippen LogP contribution in [0.15, 0.2) is 36.4 Å². The third-order valence-corrected chi connectivity index (χ3v) is 4.29. The molecule has 0 aliphatic carbocycles. The number of quaternary nitrogens is 1. The van der Waals surface area contributed by atoms with Crippen LogP contribution in [0.2, 0.25) is 0 Å². The number of anilines is 1. The van der Waals surface area contributed by atoms with Gasteiger partial charge >= 0.3 is 0 Å². The minimum absolute atomic E-state index is 0.00618. The number of amides is 1. The molecule has 25 heavy (non-hydrogen) atoms. The Hall–Kier alpha value is -2.53. The number of rotatable bonds is 7. The van der Waals surface area contributed by atoms with Crippen molar-refractivity contribution in [3.05, 3.63) is 53.1 Å². The van der Waals surface area contributed by atoms with Gasteiger partial charge in [0.15, 0.2) is 18.0 Å². The maximum absolute atomic E-state index is 12.3. The van der Waals surface area contributed by atoms with Crippen LogP contribution in [0.5, 0.6) is 11.5 Å². The van der Waals surface area contributed by atoms with E-state index in [9.17, 15) is 4.79 Å². The van der Waals surface area contributed by atoms with Crippen molar-refractivity contribution in [1.29, 1.82) is 0 Å². The first-order valence-corrected chi connectivity index (χ1v) is 8.33. The van der Waals surface area contributed by atoms with Crippen LogP contribution in [0.25, 0.3) is 0 Å². The zero-order valence-corrected chi connectivity index (χ0v) is 15.6. The minimum atomic E-state index is 0.00618. The largest absolute Gasteiger partial charge is 0.493 e. The lowest BCUT2D eigenvalue weighted by Crippen LogP contribution is -3.08. The topological polar surface area (TPSA) is 52.0 Å². The van der Waals surface area contributed by atoms with Crippen molar-refractivity contribution >= 4 is 11.6 Å². The van der Waals surface area contributed by atoms with E-state index in [1.165, 1.54) is 5.56 Å². The highest BCUT2D eigenvalue weighted by Gasteiger charge is 2.13. The van der Waals surface area contributed by atoms with Gasteiger partial charge in [-0.25, -0.2) is 0 Å². The number of carbonyl (C=O) groups is 1. The number of methoxy groups -OCH3 is 2. The second-order valence-electron chi connectivity index (χ2n) is 6.30. The van der Waals surface area contributed by atoms with Crippen LogP contribution in [-0.2, 0) is 11.3 Å². The van der Waals surface area contributed by atoms with E-state index in [-0.39, 0.29) is 5.91 Å². The van der Waals surface area contributed by atoms with E-state index < -0.39 is 0 Å². The first-order chi connectivity index (χ1) is 11.9. The van der Waals surface area contributed by atoms with E-state index >= 15 is 0 Å². The molecule has 5 heteroatoms. The normalized spacial score (nSPS) is 11.7. The number of aryl methyl sites for hydroxylation is 1. The number of benzene rings is 2. The molecule has 2 aromatic carbocycles. The molecule has 0 saturated carbocycles. The van der Waals surface area contributed by atoms with E-state index in [2.05, 4.69) is 5.32 Å². The van der Waals surface area contributed by atoms with Crippen molar-refractivity contribution < 1.29 is 19.2 Å². The second kappa shape index (κ2) is 8.53. The van der Waals surface area contributed by atoms with Gasteiger partial charge in [0, 0.05) is 11.3 Å². The van der Waals surface area contributed by atoms with Gasteiger partial charge in [-0.1, -0.05) is 12.1 Å². The van der Waals surface area contributed by atoms with Crippen molar-refractivity contribution in [1.82, 2.24) is 0 Å². The molecule has 0 aliphatic heterocycles. The average molecular weight is 343 g/mol. The maximum Gasteiger partial charge on any atom is 0.279 e. The zero-order chi connectivity index (χ0) is 18.4. The van der Waals surface area contributed by atoms with E-state index in [0.29, 0.717) is 18.0 Å². The Labute approximate surface area is 149 Å². The van der Waals surface area contributed by atoms with Crippen molar-refractivity contribution in [3.63, 3.8) is 0 Å². The molecule has 0 aromatic heterocycles. The molecule has 5 nitrogen and oxygen atoms in total. The number of carbonyl (C=O) groups excluding carboxylic acids is 1. The number of ether oxygens (including phenoxy) is 2. The van der Waals surface area contributed by atoms with Crippen molar-refractivity contribution in [2.75, 3.05) is 33.1 Å². The van der Waals surface area contributed by atoms with Crippen LogP contribution in [0.3, 0.4) is 0 Å². The van der Waals surface area contributed by atoms with Gasteiger partial charge in [0.05, 0.1) is 21.3 Å². The van der Waals surface area contributed by atoms with Crippen LogP contribution in [0, 0.1) is 13.8 Å². The molecule has 134 valence electrons. The molecule has 0 spiro atoms. The van der Waals surface area contributed by atoms with Crippen molar-refractivity contribution in [2.24, 2.45) is 0 Å². The highest BCUT2D eigenvalue weighted by molar-refractivity contribution is 5.92. The molecular weight excluding hydrogens is 316 g/mol. The fourth-order valence-corrected chi connectivity index (χ4v) is 2.76. The zero-order valence-electron chi connectivity index (χ0n) is 15.6.